The monoisotopic (exact) mass is 290 g/mol. The Morgan fingerprint density at radius 3 is 2.67 bits per heavy atom. The average molecular weight is 291 g/mol. The van der Waals surface area contributed by atoms with Gasteiger partial charge in [-0.2, -0.15) is 0 Å². The predicted molar refractivity (Wildman–Crippen MR) is 74.7 cm³/mol. The molecule has 0 heterocycles. The van der Waals surface area contributed by atoms with Crippen LogP contribution < -0.4 is 4.74 Å². The third-order valence-corrected chi connectivity index (χ3v) is 3.85. The van der Waals surface area contributed by atoms with Crippen LogP contribution in [-0.2, 0) is 9.05 Å². The van der Waals surface area contributed by atoms with Crippen molar-refractivity contribution < 1.29 is 13.2 Å². The zero-order valence-corrected chi connectivity index (χ0v) is 12.3. The van der Waals surface area contributed by atoms with Crippen LogP contribution in [0, 0.1) is 12.8 Å². The molecule has 0 aliphatic rings. The number of aryl methyl sites for hydroxylation is 1. The highest BCUT2D eigenvalue weighted by Gasteiger charge is 2.17. The van der Waals surface area contributed by atoms with Crippen molar-refractivity contribution in [2.24, 2.45) is 5.92 Å². The van der Waals surface area contributed by atoms with E-state index in [2.05, 4.69) is 0 Å². The summed E-state index contributed by atoms with van der Waals surface area (Å²) in [7, 11) is 1.82. The molecular weight excluding hydrogens is 272 g/mol. The van der Waals surface area contributed by atoms with Crippen LogP contribution in [0.5, 0.6) is 5.75 Å². The van der Waals surface area contributed by atoms with Crippen LogP contribution >= 0.6 is 10.7 Å². The highest BCUT2D eigenvalue weighted by atomic mass is 35.7. The first-order valence-corrected chi connectivity index (χ1v) is 8.50. The molecule has 102 valence electrons. The first-order valence-electron chi connectivity index (χ1n) is 6.02. The van der Waals surface area contributed by atoms with Crippen molar-refractivity contribution in [3.05, 3.63) is 29.8 Å². The number of hydrogen-bond donors (Lipinski definition) is 0. The Balaban J connectivity index is 2.57. The van der Waals surface area contributed by atoms with E-state index in [9.17, 15) is 8.42 Å². The molecule has 0 N–H and O–H groups in total. The van der Waals surface area contributed by atoms with E-state index in [-0.39, 0.29) is 11.7 Å². The normalized spacial score (nSPS) is 13.3. The second-order valence-corrected chi connectivity index (χ2v) is 7.31. The van der Waals surface area contributed by atoms with Crippen LogP contribution in [-0.4, -0.2) is 20.8 Å². The summed E-state index contributed by atoms with van der Waals surface area (Å²) in [6.07, 6.45) is 1.70. The lowest BCUT2D eigenvalue weighted by Gasteiger charge is -2.15. The van der Waals surface area contributed by atoms with E-state index in [1.807, 2.05) is 38.1 Å². The number of rotatable bonds is 7. The van der Waals surface area contributed by atoms with Crippen LogP contribution in [0.4, 0.5) is 0 Å². The molecule has 1 aromatic rings. The SMILES string of the molecule is CCCC(COc1cccc(C)c1)CS(=O)(=O)Cl. The summed E-state index contributed by atoms with van der Waals surface area (Å²) in [6.45, 7) is 4.38. The Labute approximate surface area is 114 Å². The molecule has 0 aliphatic heterocycles. The maximum absolute atomic E-state index is 11.1. The lowest BCUT2D eigenvalue weighted by atomic mass is 10.1. The van der Waals surface area contributed by atoms with E-state index < -0.39 is 9.05 Å². The van der Waals surface area contributed by atoms with Crippen LogP contribution in [0.15, 0.2) is 24.3 Å². The van der Waals surface area contributed by atoms with Crippen LogP contribution in [0.1, 0.15) is 25.3 Å². The van der Waals surface area contributed by atoms with E-state index in [4.69, 9.17) is 15.4 Å². The molecule has 3 nitrogen and oxygen atoms in total. The molecule has 0 fully saturated rings. The Bertz CT molecular complexity index is 471. The summed E-state index contributed by atoms with van der Waals surface area (Å²) in [5, 5.41) is 0. The van der Waals surface area contributed by atoms with Crippen molar-refractivity contribution >= 4 is 19.7 Å². The van der Waals surface area contributed by atoms with Gasteiger partial charge in [-0.25, -0.2) is 8.42 Å². The minimum Gasteiger partial charge on any atom is -0.493 e. The molecule has 18 heavy (non-hydrogen) atoms. The van der Waals surface area contributed by atoms with Crippen molar-refractivity contribution in [2.45, 2.75) is 26.7 Å². The first-order chi connectivity index (χ1) is 8.40. The van der Waals surface area contributed by atoms with Crippen LogP contribution in [0.2, 0.25) is 0 Å². The predicted octanol–water partition coefficient (Wildman–Crippen LogP) is 3.36. The van der Waals surface area contributed by atoms with Gasteiger partial charge in [-0.05, 0) is 31.0 Å². The van der Waals surface area contributed by atoms with Crippen LogP contribution in [0.3, 0.4) is 0 Å². The maximum atomic E-state index is 11.1. The third-order valence-electron chi connectivity index (χ3n) is 2.61. The fourth-order valence-corrected chi connectivity index (χ4v) is 3.18. The van der Waals surface area contributed by atoms with Gasteiger partial charge in [-0.3, -0.25) is 0 Å². The Morgan fingerprint density at radius 2 is 2.11 bits per heavy atom. The fourth-order valence-electron chi connectivity index (χ4n) is 1.82. The van der Waals surface area contributed by atoms with Gasteiger partial charge in [0.15, 0.2) is 0 Å². The summed E-state index contributed by atoms with van der Waals surface area (Å²) in [5.41, 5.74) is 1.12. The molecular formula is C13H19ClO3S. The van der Waals surface area contributed by atoms with E-state index >= 15 is 0 Å². The van der Waals surface area contributed by atoms with Crippen molar-refractivity contribution in [1.29, 1.82) is 0 Å². The zero-order valence-electron chi connectivity index (χ0n) is 10.7. The smallest absolute Gasteiger partial charge is 0.232 e. The molecule has 0 bridgehead atoms. The highest BCUT2D eigenvalue weighted by Crippen LogP contribution is 2.17. The number of benzene rings is 1. The number of hydrogen-bond acceptors (Lipinski definition) is 3. The molecule has 0 saturated heterocycles. The lowest BCUT2D eigenvalue weighted by Crippen LogP contribution is -2.19. The highest BCUT2D eigenvalue weighted by molar-refractivity contribution is 8.13. The summed E-state index contributed by atoms with van der Waals surface area (Å²) in [5.74, 6) is 0.676. The van der Waals surface area contributed by atoms with Gasteiger partial charge in [0.05, 0.1) is 12.4 Å². The Morgan fingerprint density at radius 1 is 1.39 bits per heavy atom. The zero-order chi connectivity index (χ0) is 13.6. The van der Waals surface area contributed by atoms with Crippen molar-refractivity contribution in [3.63, 3.8) is 0 Å². The Kier molecular flexibility index (Phi) is 5.96. The van der Waals surface area contributed by atoms with Gasteiger partial charge in [0, 0.05) is 16.6 Å². The van der Waals surface area contributed by atoms with Gasteiger partial charge in [0.1, 0.15) is 5.75 Å². The van der Waals surface area contributed by atoms with E-state index in [0.717, 1.165) is 24.2 Å². The summed E-state index contributed by atoms with van der Waals surface area (Å²) >= 11 is 0. The second kappa shape index (κ2) is 7.00. The molecule has 1 atom stereocenters. The molecule has 1 rings (SSSR count). The van der Waals surface area contributed by atoms with Crippen molar-refractivity contribution in [3.8, 4) is 5.75 Å². The fraction of sp³-hybridized carbons (Fsp3) is 0.538. The molecule has 0 radical (unpaired) electrons. The van der Waals surface area contributed by atoms with Gasteiger partial charge in [0.25, 0.3) is 0 Å². The maximum Gasteiger partial charge on any atom is 0.232 e. The molecule has 0 spiro atoms. The second-order valence-electron chi connectivity index (χ2n) is 4.49. The van der Waals surface area contributed by atoms with Crippen LogP contribution in [0.25, 0.3) is 0 Å². The van der Waals surface area contributed by atoms with Gasteiger partial charge < -0.3 is 4.74 Å². The van der Waals surface area contributed by atoms with Gasteiger partial charge in [0.2, 0.25) is 9.05 Å². The molecule has 0 saturated carbocycles. The minimum absolute atomic E-state index is 0.0335. The molecule has 0 amide bonds. The summed E-state index contributed by atoms with van der Waals surface area (Å²) in [6, 6.07) is 7.70. The van der Waals surface area contributed by atoms with Crippen molar-refractivity contribution in [1.82, 2.24) is 0 Å². The summed E-state index contributed by atoms with van der Waals surface area (Å²) in [4.78, 5) is 0. The van der Waals surface area contributed by atoms with Gasteiger partial charge >= 0.3 is 0 Å². The lowest BCUT2D eigenvalue weighted by molar-refractivity contribution is 0.253. The number of halogens is 1. The molecule has 1 unspecified atom stereocenters. The van der Waals surface area contributed by atoms with Gasteiger partial charge in [-0.15, -0.1) is 0 Å². The van der Waals surface area contributed by atoms with E-state index in [1.54, 1.807) is 0 Å². The van der Waals surface area contributed by atoms with E-state index in [1.165, 1.54) is 0 Å². The first kappa shape index (κ1) is 15.3. The van der Waals surface area contributed by atoms with E-state index in [0.29, 0.717) is 6.61 Å². The quantitative estimate of drug-likeness (QED) is 0.723. The Hall–Kier alpha value is -0.740. The minimum atomic E-state index is -3.47. The average Bonchev–Trinajstić information content (AvgIpc) is 2.24. The topological polar surface area (TPSA) is 43.4 Å². The molecule has 5 heteroatoms. The number of ether oxygens (including phenoxy) is 1. The summed E-state index contributed by atoms with van der Waals surface area (Å²) < 4.78 is 27.8. The van der Waals surface area contributed by atoms with Gasteiger partial charge in [-0.1, -0.05) is 25.5 Å². The molecule has 0 aromatic heterocycles. The molecule has 0 aliphatic carbocycles. The third kappa shape index (κ3) is 6.26. The standard InChI is InChI=1S/C13H19ClO3S/c1-3-5-12(10-18(14,15)16)9-17-13-7-4-6-11(2)8-13/h4,6-8,12H,3,5,9-10H2,1-2H3. The van der Waals surface area contributed by atoms with Crippen molar-refractivity contribution in [2.75, 3.05) is 12.4 Å². The molecule has 1 aromatic carbocycles. The largest absolute Gasteiger partial charge is 0.493 e.